The van der Waals surface area contributed by atoms with E-state index in [1.165, 1.54) is 11.1 Å². The molecule has 0 spiro atoms. The number of amides is 2. The molecule has 2 amide bonds. The summed E-state index contributed by atoms with van der Waals surface area (Å²) in [6, 6.07) is 17.9. The van der Waals surface area contributed by atoms with Crippen LogP contribution in [0.2, 0.25) is 0 Å². The highest BCUT2D eigenvalue weighted by atomic mass is 32.2. The van der Waals surface area contributed by atoms with Gasteiger partial charge in [0, 0.05) is 17.3 Å². The van der Waals surface area contributed by atoms with Crippen LogP contribution in [-0.4, -0.2) is 38.5 Å². The van der Waals surface area contributed by atoms with E-state index in [-0.39, 0.29) is 18.8 Å². The number of rotatable bonds is 8. The van der Waals surface area contributed by atoms with E-state index < -0.39 is 27.9 Å². The molecule has 0 heterocycles. The van der Waals surface area contributed by atoms with E-state index in [0.29, 0.717) is 5.69 Å². The van der Waals surface area contributed by atoms with Crippen LogP contribution in [0.3, 0.4) is 0 Å². The monoisotopic (exact) mass is 466 g/mol. The van der Waals surface area contributed by atoms with Crippen molar-refractivity contribution in [2.24, 2.45) is 0 Å². The van der Waals surface area contributed by atoms with Gasteiger partial charge in [0.25, 0.3) is 0 Å². The van der Waals surface area contributed by atoms with Crippen molar-refractivity contribution in [1.29, 1.82) is 0 Å². The van der Waals surface area contributed by atoms with Gasteiger partial charge >= 0.3 is 6.09 Å². The van der Waals surface area contributed by atoms with Gasteiger partial charge in [-0.25, -0.2) is 13.2 Å². The van der Waals surface area contributed by atoms with Crippen LogP contribution in [0.15, 0.2) is 60.7 Å². The van der Waals surface area contributed by atoms with Gasteiger partial charge in [-0.05, 0) is 47.4 Å². The maximum Gasteiger partial charge on any atom is 0.408 e. The normalized spacial score (nSPS) is 13.5. The molecule has 1 unspecified atom stereocenters. The Bertz CT molecular complexity index is 1280. The first-order valence-corrected chi connectivity index (χ1v) is 12.9. The minimum atomic E-state index is -3.33. The van der Waals surface area contributed by atoms with Crippen LogP contribution in [0, 0.1) is 0 Å². The summed E-state index contributed by atoms with van der Waals surface area (Å²) in [6.45, 7) is 0.0436. The number of sulfone groups is 1. The van der Waals surface area contributed by atoms with Gasteiger partial charge in [-0.3, -0.25) is 4.79 Å². The maximum atomic E-state index is 13.1. The van der Waals surface area contributed by atoms with Crippen molar-refractivity contribution >= 4 is 38.3 Å². The van der Waals surface area contributed by atoms with Gasteiger partial charge in [-0.1, -0.05) is 54.6 Å². The Morgan fingerprint density at radius 3 is 2.42 bits per heavy atom. The summed E-state index contributed by atoms with van der Waals surface area (Å²) in [7, 11) is -3.33. The molecule has 0 bridgehead atoms. The molecule has 0 radical (unpaired) electrons. The summed E-state index contributed by atoms with van der Waals surface area (Å²) < 4.78 is 28.6. The summed E-state index contributed by atoms with van der Waals surface area (Å²) >= 11 is 0. The van der Waals surface area contributed by atoms with Crippen LogP contribution in [0.1, 0.15) is 23.1 Å². The summed E-state index contributed by atoms with van der Waals surface area (Å²) in [5, 5.41) is 7.49. The summed E-state index contributed by atoms with van der Waals surface area (Å²) in [4.78, 5) is 25.4. The van der Waals surface area contributed by atoms with Crippen LogP contribution in [0.5, 0.6) is 0 Å². The Kier molecular flexibility index (Phi) is 6.65. The maximum absolute atomic E-state index is 13.1. The fourth-order valence-corrected chi connectivity index (χ4v) is 4.75. The molecular formula is C25H26N2O5S. The molecule has 172 valence electrons. The minimum absolute atomic E-state index is 0.0436. The average Bonchev–Trinajstić information content (AvgIpc) is 3.22. The molecule has 0 saturated carbocycles. The van der Waals surface area contributed by atoms with Gasteiger partial charge in [-0.2, -0.15) is 0 Å². The Morgan fingerprint density at radius 2 is 1.70 bits per heavy atom. The molecule has 0 aromatic heterocycles. The Balaban J connectivity index is 1.49. The molecule has 7 nitrogen and oxygen atoms in total. The number of hydrogen-bond acceptors (Lipinski definition) is 5. The number of nitrogens with one attached hydrogen (secondary N) is 2. The van der Waals surface area contributed by atoms with Crippen LogP contribution in [0.25, 0.3) is 10.8 Å². The van der Waals surface area contributed by atoms with Crippen LogP contribution in [-0.2, 0) is 38.8 Å². The first kappa shape index (κ1) is 22.8. The first-order chi connectivity index (χ1) is 15.8. The van der Waals surface area contributed by atoms with E-state index in [2.05, 4.69) is 16.7 Å². The summed E-state index contributed by atoms with van der Waals surface area (Å²) in [5.74, 6) is -0.734. The largest absolute Gasteiger partial charge is 0.445 e. The van der Waals surface area contributed by atoms with Gasteiger partial charge in [0.05, 0.1) is 5.75 Å². The fraction of sp³-hybridized carbons (Fsp3) is 0.280. The smallest absolute Gasteiger partial charge is 0.408 e. The average molecular weight is 467 g/mol. The molecule has 0 aliphatic heterocycles. The highest BCUT2D eigenvalue weighted by Crippen LogP contribution is 2.35. The van der Waals surface area contributed by atoms with Crippen LogP contribution < -0.4 is 10.6 Å². The quantitative estimate of drug-likeness (QED) is 0.528. The molecule has 1 aliphatic rings. The fourth-order valence-electron chi connectivity index (χ4n) is 4.08. The molecule has 4 rings (SSSR count). The second-order valence-corrected chi connectivity index (χ2v) is 10.5. The predicted octanol–water partition coefficient (Wildman–Crippen LogP) is 3.61. The van der Waals surface area contributed by atoms with Crippen molar-refractivity contribution in [3.63, 3.8) is 0 Å². The Hall–Kier alpha value is -3.39. The highest BCUT2D eigenvalue weighted by Gasteiger charge is 2.25. The van der Waals surface area contributed by atoms with E-state index >= 15 is 0 Å². The van der Waals surface area contributed by atoms with Crippen LogP contribution >= 0.6 is 0 Å². The van der Waals surface area contributed by atoms with Gasteiger partial charge in [0.2, 0.25) is 5.91 Å². The third-order valence-corrected chi connectivity index (χ3v) is 6.71. The molecule has 33 heavy (non-hydrogen) atoms. The number of aryl methyl sites for hydroxylation is 2. The summed E-state index contributed by atoms with van der Waals surface area (Å²) in [5.41, 5.74) is 3.92. The SMILES string of the molecule is CS(=O)(=O)CCC(NC(=O)OCc1ccccc1)C(=O)Nc1ccc2c3c(cccc13)CC2. The Labute approximate surface area is 193 Å². The van der Waals surface area contributed by atoms with E-state index in [9.17, 15) is 18.0 Å². The lowest BCUT2D eigenvalue weighted by molar-refractivity contribution is -0.118. The zero-order valence-electron chi connectivity index (χ0n) is 18.3. The van der Waals surface area contributed by atoms with Gasteiger partial charge < -0.3 is 15.4 Å². The standard InChI is InChI=1S/C25H26N2O5S/c1-33(30,31)15-14-22(27-25(29)32-16-17-6-3-2-4-7-17)24(28)26-21-13-12-19-11-10-18-8-5-9-20(21)23(18)19/h2-9,12-13,22H,10-11,14-16H2,1H3,(H,26,28)(H,27,29). The van der Waals surface area contributed by atoms with Crippen molar-refractivity contribution in [3.8, 4) is 0 Å². The molecule has 1 atom stereocenters. The van der Waals surface area contributed by atoms with Crippen molar-refractivity contribution < 1.29 is 22.7 Å². The lowest BCUT2D eigenvalue weighted by Gasteiger charge is -2.19. The number of anilines is 1. The highest BCUT2D eigenvalue weighted by molar-refractivity contribution is 7.90. The van der Waals surface area contributed by atoms with E-state index in [1.807, 2.05) is 54.6 Å². The second kappa shape index (κ2) is 9.62. The summed E-state index contributed by atoms with van der Waals surface area (Å²) in [6.07, 6.45) is 2.18. The molecule has 1 aliphatic carbocycles. The third-order valence-electron chi connectivity index (χ3n) is 5.73. The lowest BCUT2D eigenvalue weighted by atomic mass is 10.0. The van der Waals surface area contributed by atoms with E-state index in [0.717, 1.165) is 35.4 Å². The predicted molar refractivity (Wildman–Crippen MR) is 128 cm³/mol. The zero-order valence-corrected chi connectivity index (χ0v) is 19.2. The number of alkyl carbamates (subject to hydrolysis) is 1. The molecule has 3 aromatic rings. The molecule has 8 heteroatoms. The molecular weight excluding hydrogens is 440 g/mol. The van der Waals surface area contributed by atoms with Crippen molar-refractivity contribution in [2.75, 3.05) is 17.3 Å². The van der Waals surface area contributed by atoms with Crippen molar-refractivity contribution in [1.82, 2.24) is 5.32 Å². The minimum Gasteiger partial charge on any atom is -0.445 e. The van der Waals surface area contributed by atoms with E-state index in [1.54, 1.807) is 0 Å². The second-order valence-electron chi connectivity index (χ2n) is 8.28. The third kappa shape index (κ3) is 5.70. The van der Waals surface area contributed by atoms with Gasteiger partial charge in [0.1, 0.15) is 22.5 Å². The number of carbonyl (C=O) groups excluding carboxylic acids is 2. The molecule has 0 saturated heterocycles. The van der Waals surface area contributed by atoms with Crippen molar-refractivity contribution in [2.45, 2.75) is 31.9 Å². The topological polar surface area (TPSA) is 102 Å². The van der Waals surface area contributed by atoms with Crippen LogP contribution in [0.4, 0.5) is 10.5 Å². The van der Waals surface area contributed by atoms with E-state index in [4.69, 9.17) is 4.74 Å². The Morgan fingerprint density at radius 1 is 0.970 bits per heavy atom. The molecule has 0 fully saturated rings. The first-order valence-electron chi connectivity index (χ1n) is 10.8. The number of carbonyl (C=O) groups is 2. The number of hydrogen-bond donors (Lipinski definition) is 2. The van der Waals surface area contributed by atoms with Gasteiger partial charge in [-0.15, -0.1) is 0 Å². The molecule has 3 aromatic carbocycles. The van der Waals surface area contributed by atoms with Crippen molar-refractivity contribution in [3.05, 3.63) is 77.4 Å². The number of benzene rings is 3. The van der Waals surface area contributed by atoms with Gasteiger partial charge in [0.15, 0.2) is 0 Å². The molecule has 2 N–H and O–H groups in total. The number of ether oxygens (including phenoxy) is 1. The lowest BCUT2D eigenvalue weighted by Crippen LogP contribution is -2.45. The zero-order chi connectivity index (χ0) is 23.4.